The molecular formula is C10H23NO. The summed E-state index contributed by atoms with van der Waals surface area (Å²) in [7, 11) is 0. The Morgan fingerprint density at radius 2 is 1.83 bits per heavy atom. The summed E-state index contributed by atoms with van der Waals surface area (Å²) in [6.07, 6.45) is 1.12. The van der Waals surface area contributed by atoms with Crippen molar-refractivity contribution in [3.8, 4) is 0 Å². The van der Waals surface area contributed by atoms with Gasteiger partial charge >= 0.3 is 0 Å². The average molecular weight is 173 g/mol. The Balaban J connectivity index is 3.67. The SMILES string of the molecule is CCC(C)C(CO)NCC(C)C. The van der Waals surface area contributed by atoms with Gasteiger partial charge in [0.1, 0.15) is 0 Å². The third kappa shape index (κ3) is 4.73. The Labute approximate surface area is 76.4 Å². The Morgan fingerprint density at radius 1 is 1.25 bits per heavy atom. The molecule has 2 atom stereocenters. The van der Waals surface area contributed by atoms with Crippen LogP contribution in [0.3, 0.4) is 0 Å². The average Bonchev–Trinajstić information content (AvgIpc) is 2.04. The molecule has 0 fully saturated rings. The molecule has 0 saturated heterocycles. The maximum absolute atomic E-state index is 9.08. The summed E-state index contributed by atoms with van der Waals surface area (Å²) in [6.45, 7) is 9.94. The van der Waals surface area contributed by atoms with Crippen molar-refractivity contribution in [2.75, 3.05) is 13.2 Å². The van der Waals surface area contributed by atoms with Gasteiger partial charge in [0.25, 0.3) is 0 Å². The van der Waals surface area contributed by atoms with Crippen molar-refractivity contribution in [1.82, 2.24) is 5.32 Å². The molecule has 0 radical (unpaired) electrons. The molecular weight excluding hydrogens is 150 g/mol. The first-order valence-electron chi connectivity index (χ1n) is 4.96. The van der Waals surface area contributed by atoms with E-state index in [0.29, 0.717) is 11.8 Å². The van der Waals surface area contributed by atoms with Crippen LogP contribution in [0.5, 0.6) is 0 Å². The summed E-state index contributed by atoms with van der Waals surface area (Å²) < 4.78 is 0. The predicted octanol–water partition coefficient (Wildman–Crippen LogP) is 1.64. The van der Waals surface area contributed by atoms with E-state index >= 15 is 0 Å². The van der Waals surface area contributed by atoms with Gasteiger partial charge in [0.05, 0.1) is 6.61 Å². The van der Waals surface area contributed by atoms with Crippen LogP contribution in [-0.2, 0) is 0 Å². The molecule has 0 heterocycles. The zero-order valence-electron chi connectivity index (χ0n) is 8.80. The molecule has 2 unspecified atom stereocenters. The van der Waals surface area contributed by atoms with E-state index in [0.717, 1.165) is 13.0 Å². The Bertz CT molecular complexity index is 104. The van der Waals surface area contributed by atoms with E-state index in [1.807, 2.05) is 0 Å². The Kier molecular flexibility index (Phi) is 6.39. The lowest BCUT2D eigenvalue weighted by Gasteiger charge is -2.23. The van der Waals surface area contributed by atoms with E-state index in [2.05, 4.69) is 33.0 Å². The maximum atomic E-state index is 9.08. The lowest BCUT2D eigenvalue weighted by atomic mass is 9.99. The number of nitrogens with one attached hydrogen (secondary N) is 1. The molecule has 0 aliphatic carbocycles. The fourth-order valence-corrected chi connectivity index (χ4v) is 1.12. The quantitative estimate of drug-likeness (QED) is 0.640. The molecule has 0 aliphatic heterocycles. The summed E-state index contributed by atoms with van der Waals surface area (Å²) in [5, 5.41) is 12.4. The zero-order chi connectivity index (χ0) is 9.56. The van der Waals surface area contributed by atoms with Gasteiger partial charge < -0.3 is 10.4 Å². The largest absolute Gasteiger partial charge is 0.395 e. The van der Waals surface area contributed by atoms with E-state index in [-0.39, 0.29) is 12.6 Å². The summed E-state index contributed by atoms with van der Waals surface area (Å²) in [5.74, 6) is 1.22. The molecule has 0 spiro atoms. The van der Waals surface area contributed by atoms with Crippen molar-refractivity contribution < 1.29 is 5.11 Å². The van der Waals surface area contributed by atoms with Crippen molar-refractivity contribution in [3.63, 3.8) is 0 Å². The highest BCUT2D eigenvalue weighted by atomic mass is 16.3. The van der Waals surface area contributed by atoms with Crippen molar-refractivity contribution >= 4 is 0 Å². The third-order valence-corrected chi connectivity index (χ3v) is 2.32. The van der Waals surface area contributed by atoms with E-state index in [1.165, 1.54) is 0 Å². The molecule has 0 aliphatic rings. The molecule has 12 heavy (non-hydrogen) atoms. The van der Waals surface area contributed by atoms with Crippen LogP contribution < -0.4 is 5.32 Å². The number of aliphatic hydroxyl groups excluding tert-OH is 1. The smallest absolute Gasteiger partial charge is 0.0587 e. The molecule has 2 N–H and O–H groups in total. The lowest BCUT2D eigenvalue weighted by Crippen LogP contribution is -2.39. The van der Waals surface area contributed by atoms with Crippen LogP contribution in [0.2, 0.25) is 0 Å². The molecule has 74 valence electrons. The second-order valence-electron chi connectivity index (χ2n) is 3.98. The molecule has 2 nitrogen and oxygen atoms in total. The first-order valence-corrected chi connectivity index (χ1v) is 4.96. The third-order valence-electron chi connectivity index (χ3n) is 2.32. The van der Waals surface area contributed by atoms with Gasteiger partial charge in [-0.05, 0) is 18.4 Å². The fourth-order valence-electron chi connectivity index (χ4n) is 1.12. The molecule has 2 heteroatoms. The standard InChI is InChI=1S/C10H23NO/c1-5-9(4)10(7-12)11-6-8(2)3/h8-12H,5-7H2,1-4H3. The van der Waals surface area contributed by atoms with Crippen LogP contribution in [0.4, 0.5) is 0 Å². The summed E-state index contributed by atoms with van der Waals surface area (Å²) in [5.41, 5.74) is 0. The minimum Gasteiger partial charge on any atom is -0.395 e. The second kappa shape index (κ2) is 6.44. The highest BCUT2D eigenvalue weighted by Crippen LogP contribution is 2.07. The molecule has 0 rings (SSSR count). The topological polar surface area (TPSA) is 32.3 Å². The minimum atomic E-state index is 0.252. The second-order valence-corrected chi connectivity index (χ2v) is 3.98. The van der Waals surface area contributed by atoms with Gasteiger partial charge in [0.15, 0.2) is 0 Å². The number of aliphatic hydroxyl groups is 1. The van der Waals surface area contributed by atoms with Gasteiger partial charge in [0, 0.05) is 6.04 Å². The van der Waals surface area contributed by atoms with Gasteiger partial charge in [-0.1, -0.05) is 34.1 Å². The van der Waals surface area contributed by atoms with Gasteiger partial charge in [-0.3, -0.25) is 0 Å². The van der Waals surface area contributed by atoms with Gasteiger partial charge in [-0.2, -0.15) is 0 Å². The number of hydrogen-bond donors (Lipinski definition) is 2. The highest BCUT2D eigenvalue weighted by Gasteiger charge is 2.13. The van der Waals surface area contributed by atoms with E-state index < -0.39 is 0 Å². The van der Waals surface area contributed by atoms with E-state index in [1.54, 1.807) is 0 Å². The van der Waals surface area contributed by atoms with Crippen LogP contribution in [0, 0.1) is 11.8 Å². The molecule has 0 saturated carbocycles. The first kappa shape index (κ1) is 11.9. The highest BCUT2D eigenvalue weighted by molar-refractivity contribution is 4.71. The molecule has 0 bridgehead atoms. The summed E-state index contributed by atoms with van der Waals surface area (Å²) in [4.78, 5) is 0. The van der Waals surface area contributed by atoms with E-state index in [4.69, 9.17) is 5.11 Å². The van der Waals surface area contributed by atoms with Crippen molar-refractivity contribution in [2.24, 2.45) is 11.8 Å². The maximum Gasteiger partial charge on any atom is 0.0587 e. The van der Waals surface area contributed by atoms with Gasteiger partial charge in [-0.15, -0.1) is 0 Å². The molecule has 0 amide bonds. The van der Waals surface area contributed by atoms with Crippen LogP contribution in [0.1, 0.15) is 34.1 Å². The predicted molar refractivity (Wildman–Crippen MR) is 53.2 cm³/mol. The monoisotopic (exact) mass is 173 g/mol. The zero-order valence-corrected chi connectivity index (χ0v) is 8.80. The van der Waals surface area contributed by atoms with Crippen LogP contribution in [-0.4, -0.2) is 24.3 Å². The van der Waals surface area contributed by atoms with Crippen LogP contribution in [0.15, 0.2) is 0 Å². The van der Waals surface area contributed by atoms with E-state index in [9.17, 15) is 0 Å². The number of hydrogen-bond acceptors (Lipinski definition) is 2. The normalized spacial score (nSPS) is 16.5. The summed E-state index contributed by atoms with van der Waals surface area (Å²) in [6, 6.07) is 0.275. The van der Waals surface area contributed by atoms with Gasteiger partial charge in [-0.25, -0.2) is 0 Å². The van der Waals surface area contributed by atoms with Gasteiger partial charge in [0.2, 0.25) is 0 Å². The summed E-state index contributed by atoms with van der Waals surface area (Å²) >= 11 is 0. The first-order chi connectivity index (χ1) is 5.61. The van der Waals surface area contributed by atoms with Crippen molar-refractivity contribution in [3.05, 3.63) is 0 Å². The van der Waals surface area contributed by atoms with Crippen molar-refractivity contribution in [1.29, 1.82) is 0 Å². The minimum absolute atomic E-state index is 0.252. The Morgan fingerprint density at radius 3 is 2.17 bits per heavy atom. The fraction of sp³-hybridized carbons (Fsp3) is 1.00. The molecule has 0 aromatic carbocycles. The number of rotatable bonds is 6. The van der Waals surface area contributed by atoms with Crippen LogP contribution >= 0.6 is 0 Å². The Hall–Kier alpha value is -0.0800. The lowest BCUT2D eigenvalue weighted by molar-refractivity contribution is 0.198. The molecule has 0 aromatic heterocycles. The van der Waals surface area contributed by atoms with Crippen molar-refractivity contribution in [2.45, 2.75) is 40.2 Å². The molecule has 0 aromatic rings. The van der Waals surface area contributed by atoms with Crippen LogP contribution in [0.25, 0.3) is 0 Å².